The van der Waals surface area contributed by atoms with Crippen molar-refractivity contribution in [2.24, 2.45) is 0 Å². The van der Waals surface area contributed by atoms with Crippen LogP contribution in [0.25, 0.3) is 0 Å². The van der Waals surface area contributed by atoms with Gasteiger partial charge in [0.1, 0.15) is 17.7 Å². The zero-order valence-electron chi connectivity index (χ0n) is 10.9. The molecule has 0 saturated carbocycles. The maximum atomic E-state index is 13.4. The van der Waals surface area contributed by atoms with E-state index < -0.39 is 0 Å². The van der Waals surface area contributed by atoms with Crippen molar-refractivity contribution in [3.8, 4) is 6.07 Å². The van der Waals surface area contributed by atoms with Gasteiger partial charge in [-0.1, -0.05) is 6.07 Å². The fraction of sp³-hybridized carbons (Fsp3) is 0.250. The lowest BCUT2D eigenvalue weighted by Gasteiger charge is -2.26. The van der Waals surface area contributed by atoms with E-state index >= 15 is 0 Å². The van der Waals surface area contributed by atoms with Gasteiger partial charge in [0.25, 0.3) is 0 Å². The largest absolute Gasteiger partial charge is 0.363 e. The summed E-state index contributed by atoms with van der Waals surface area (Å²) in [7, 11) is 0. The smallest absolute Gasteiger partial charge is 0.126 e. The van der Waals surface area contributed by atoms with E-state index in [4.69, 9.17) is 5.26 Å². The number of hydrogen-bond acceptors (Lipinski definition) is 3. The number of hydrogen-bond donors (Lipinski definition) is 1. The Balaban J connectivity index is 1.85. The minimum absolute atomic E-state index is 0.0786. The highest BCUT2D eigenvalue weighted by Gasteiger charge is 2.20. The molecule has 1 N–H and O–H groups in total. The molecule has 0 bridgehead atoms. The Morgan fingerprint density at radius 2 is 2.20 bits per heavy atom. The van der Waals surface area contributed by atoms with Gasteiger partial charge in [0.2, 0.25) is 0 Å². The first-order valence-corrected chi connectivity index (χ1v) is 6.67. The minimum Gasteiger partial charge on any atom is -0.363 e. The van der Waals surface area contributed by atoms with E-state index in [-0.39, 0.29) is 11.9 Å². The van der Waals surface area contributed by atoms with Crippen molar-refractivity contribution in [2.45, 2.75) is 25.3 Å². The van der Waals surface area contributed by atoms with Gasteiger partial charge in [-0.3, -0.25) is 0 Å². The molecule has 1 atom stereocenters. The number of benzene rings is 1. The Hall–Kier alpha value is -2.41. The molecule has 1 aromatic heterocycles. The Bertz CT molecular complexity index is 658. The van der Waals surface area contributed by atoms with E-state index in [0.29, 0.717) is 11.4 Å². The fourth-order valence-corrected chi connectivity index (χ4v) is 2.64. The van der Waals surface area contributed by atoms with E-state index in [1.807, 2.05) is 12.1 Å². The van der Waals surface area contributed by atoms with Gasteiger partial charge in [-0.25, -0.2) is 9.37 Å². The number of aromatic nitrogens is 1. The van der Waals surface area contributed by atoms with Gasteiger partial charge in [-0.2, -0.15) is 5.26 Å². The molecule has 1 heterocycles. The number of aryl methyl sites for hydroxylation is 1. The molecule has 0 saturated heterocycles. The molecule has 1 aliphatic carbocycles. The highest BCUT2D eigenvalue weighted by molar-refractivity contribution is 5.44. The maximum absolute atomic E-state index is 13.4. The molecule has 1 aliphatic rings. The Morgan fingerprint density at radius 1 is 1.30 bits per heavy atom. The number of pyridine rings is 1. The lowest BCUT2D eigenvalue weighted by atomic mass is 9.87. The van der Waals surface area contributed by atoms with Crippen LogP contribution in [-0.4, -0.2) is 4.98 Å². The first-order valence-electron chi connectivity index (χ1n) is 6.67. The van der Waals surface area contributed by atoms with Gasteiger partial charge in [0.05, 0.1) is 11.6 Å². The van der Waals surface area contributed by atoms with Gasteiger partial charge >= 0.3 is 0 Å². The third-order valence-corrected chi connectivity index (χ3v) is 3.64. The van der Waals surface area contributed by atoms with Crippen molar-refractivity contribution in [2.75, 3.05) is 5.32 Å². The van der Waals surface area contributed by atoms with Crippen LogP contribution in [-0.2, 0) is 6.42 Å². The van der Waals surface area contributed by atoms with Crippen molar-refractivity contribution in [1.29, 1.82) is 5.26 Å². The standard InChI is InChI=1S/C16H14FN3/c17-13-6-5-12-2-1-3-15(14(12)8-13)20-16-7-4-11(9-18)10-19-16/h4-8,10,15H,1-3H2,(H,19,20). The molecule has 1 aromatic carbocycles. The predicted molar refractivity (Wildman–Crippen MR) is 74.7 cm³/mol. The van der Waals surface area contributed by atoms with Crippen molar-refractivity contribution >= 4 is 5.82 Å². The second-order valence-electron chi connectivity index (χ2n) is 4.98. The van der Waals surface area contributed by atoms with Crippen LogP contribution in [0.5, 0.6) is 0 Å². The number of nitrogens with one attached hydrogen (secondary N) is 1. The molecule has 20 heavy (non-hydrogen) atoms. The van der Waals surface area contributed by atoms with Gasteiger partial charge in [-0.15, -0.1) is 0 Å². The monoisotopic (exact) mass is 267 g/mol. The van der Waals surface area contributed by atoms with Crippen molar-refractivity contribution < 1.29 is 4.39 Å². The number of anilines is 1. The Labute approximate surface area is 117 Å². The van der Waals surface area contributed by atoms with E-state index in [1.165, 1.54) is 17.8 Å². The molecule has 0 aliphatic heterocycles. The van der Waals surface area contributed by atoms with Crippen LogP contribution in [0.2, 0.25) is 0 Å². The summed E-state index contributed by atoms with van der Waals surface area (Å²) in [4.78, 5) is 4.21. The molecule has 100 valence electrons. The van der Waals surface area contributed by atoms with Crippen LogP contribution >= 0.6 is 0 Å². The molecule has 0 radical (unpaired) electrons. The molecular formula is C16H14FN3. The van der Waals surface area contributed by atoms with Crippen molar-refractivity contribution in [3.05, 3.63) is 59.0 Å². The molecule has 0 amide bonds. The van der Waals surface area contributed by atoms with Crippen LogP contribution in [0.3, 0.4) is 0 Å². The highest BCUT2D eigenvalue weighted by atomic mass is 19.1. The lowest BCUT2D eigenvalue weighted by molar-refractivity contribution is 0.579. The first-order chi connectivity index (χ1) is 9.76. The Morgan fingerprint density at radius 3 is 2.95 bits per heavy atom. The SMILES string of the molecule is N#Cc1ccc(NC2CCCc3ccc(F)cc32)nc1. The zero-order valence-corrected chi connectivity index (χ0v) is 10.9. The van der Waals surface area contributed by atoms with E-state index in [2.05, 4.69) is 10.3 Å². The van der Waals surface area contributed by atoms with Crippen molar-refractivity contribution in [1.82, 2.24) is 4.98 Å². The van der Waals surface area contributed by atoms with Crippen LogP contribution in [0.4, 0.5) is 10.2 Å². The number of nitriles is 1. The molecule has 3 nitrogen and oxygen atoms in total. The summed E-state index contributed by atoms with van der Waals surface area (Å²) in [5, 5.41) is 12.1. The third kappa shape index (κ3) is 2.48. The predicted octanol–water partition coefficient (Wildman–Crippen LogP) is 3.58. The summed E-state index contributed by atoms with van der Waals surface area (Å²) in [5.74, 6) is 0.511. The number of rotatable bonds is 2. The second kappa shape index (κ2) is 5.30. The highest BCUT2D eigenvalue weighted by Crippen LogP contribution is 2.32. The first kappa shape index (κ1) is 12.6. The molecule has 2 aromatic rings. The summed E-state index contributed by atoms with van der Waals surface area (Å²) >= 11 is 0. The zero-order chi connectivity index (χ0) is 13.9. The molecule has 0 fully saturated rings. The summed E-state index contributed by atoms with van der Waals surface area (Å²) in [6.07, 6.45) is 4.57. The van der Waals surface area contributed by atoms with Gasteiger partial charge in [0, 0.05) is 6.20 Å². The lowest BCUT2D eigenvalue weighted by Crippen LogP contribution is -2.18. The fourth-order valence-electron chi connectivity index (χ4n) is 2.64. The van der Waals surface area contributed by atoms with E-state index in [9.17, 15) is 4.39 Å². The summed E-state index contributed by atoms with van der Waals surface area (Å²) in [6.45, 7) is 0. The van der Waals surface area contributed by atoms with E-state index in [0.717, 1.165) is 24.8 Å². The second-order valence-corrected chi connectivity index (χ2v) is 4.98. The quantitative estimate of drug-likeness (QED) is 0.904. The normalized spacial score (nSPS) is 17.1. The van der Waals surface area contributed by atoms with Crippen LogP contribution in [0, 0.1) is 17.1 Å². The number of fused-ring (bicyclic) bond motifs is 1. The Kier molecular flexibility index (Phi) is 3.34. The van der Waals surface area contributed by atoms with Gasteiger partial charge < -0.3 is 5.32 Å². The van der Waals surface area contributed by atoms with E-state index in [1.54, 1.807) is 18.2 Å². The summed E-state index contributed by atoms with van der Waals surface area (Å²) in [5.41, 5.74) is 2.75. The van der Waals surface area contributed by atoms with Crippen LogP contribution < -0.4 is 5.32 Å². The average Bonchev–Trinajstić information content (AvgIpc) is 2.49. The minimum atomic E-state index is -0.203. The van der Waals surface area contributed by atoms with Gasteiger partial charge in [0.15, 0.2) is 0 Å². The molecule has 1 unspecified atom stereocenters. The van der Waals surface area contributed by atoms with Gasteiger partial charge in [-0.05, 0) is 54.7 Å². The molecular weight excluding hydrogens is 253 g/mol. The van der Waals surface area contributed by atoms with Crippen LogP contribution in [0.15, 0.2) is 36.5 Å². The number of nitrogens with zero attached hydrogens (tertiary/aromatic N) is 2. The number of halogens is 1. The molecule has 3 rings (SSSR count). The maximum Gasteiger partial charge on any atom is 0.126 e. The molecule has 4 heteroatoms. The average molecular weight is 267 g/mol. The topological polar surface area (TPSA) is 48.7 Å². The summed E-state index contributed by atoms with van der Waals surface area (Å²) in [6, 6.07) is 10.6. The molecule has 0 spiro atoms. The third-order valence-electron chi connectivity index (χ3n) is 3.64. The van der Waals surface area contributed by atoms with Crippen molar-refractivity contribution in [3.63, 3.8) is 0 Å². The summed E-state index contributed by atoms with van der Waals surface area (Å²) < 4.78 is 13.4. The van der Waals surface area contributed by atoms with Crippen LogP contribution in [0.1, 0.15) is 35.6 Å².